The van der Waals surface area contributed by atoms with Crippen LogP contribution in [0.5, 0.6) is 0 Å². The summed E-state index contributed by atoms with van der Waals surface area (Å²) >= 11 is 1.75. The van der Waals surface area contributed by atoms with Crippen molar-refractivity contribution in [1.82, 2.24) is 19.7 Å². The average molecular weight is 303 g/mol. The monoisotopic (exact) mass is 303 g/mol. The minimum atomic E-state index is 0.518. The van der Waals surface area contributed by atoms with Crippen LogP contribution in [0.1, 0.15) is 16.1 Å². The fraction of sp³-hybridized carbons (Fsp3) is 0.467. The van der Waals surface area contributed by atoms with E-state index >= 15 is 0 Å². The molecule has 0 N–H and O–H groups in total. The van der Waals surface area contributed by atoms with Crippen LogP contribution in [0.2, 0.25) is 0 Å². The van der Waals surface area contributed by atoms with E-state index < -0.39 is 0 Å². The van der Waals surface area contributed by atoms with Gasteiger partial charge >= 0.3 is 0 Å². The minimum Gasteiger partial charge on any atom is -0.354 e. The highest BCUT2D eigenvalue weighted by molar-refractivity contribution is 7.15. The van der Waals surface area contributed by atoms with Gasteiger partial charge in [-0.25, -0.2) is 4.98 Å². The maximum Gasteiger partial charge on any atom is 0.185 e. The van der Waals surface area contributed by atoms with Crippen molar-refractivity contribution in [2.45, 2.75) is 26.6 Å². The topological polar surface area (TPSA) is 37.2 Å². The normalized spacial score (nSPS) is 10.9. The molecule has 0 saturated carbocycles. The highest BCUT2D eigenvalue weighted by Gasteiger charge is 2.12. The summed E-state index contributed by atoms with van der Waals surface area (Å²) in [6, 6.07) is 0. The fourth-order valence-corrected chi connectivity index (χ4v) is 3.10. The van der Waals surface area contributed by atoms with E-state index in [0.29, 0.717) is 6.54 Å². The molecule has 0 fully saturated rings. The first-order valence-corrected chi connectivity index (χ1v) is 7.58. The van der Waals surface area contributed by atoms with Gasteiger partial charge in [-0.2, -0.15) is 5.10 Å². The minimum absolute atomic E-state index is 0.518. The predicted octanol–water partition coefficient (Wildman–Crippen LogP) is 1.98. The Kier molecular flexibility index (Phi) is 4.99. The second kappa shape index (κ2) is 6.74. The van der Waals surface area contributed by atoms with Crippen molar-refractivity contribution in [2.24, 2.45) is 0 Å². The van der Waals surface area contributed by atoms with E-state index in [4.69, 9.17) is 6.42 Å². The standard InChI is InChI=1S/C15H21N5S/c1-6-7-20-10-13(8-16-20)9-19(5)11-14-12(2)17-15(21-14)18(3)4/h1,8,10H,7,9,11H2,2-5H3. The van der Waals surface area contributed by atoms with Gasteiger partial charge in [0, 0.05) is 43.8 Å². The molecule has 0 aliphatic carbocycles. The average Bonchev–Trinajstić information content (AvgIpc) is 2.98. The zero-order chi connectivity index (χ0) is 15.4. The second-order valence-electron chi connectivity index (χ2n) is 5.32. The Morgan fingerprint density at radius 3 is 2.71 bits per heavy atom. The van der Waals surface area contributed by atoms with E-state index in [1.54, 1.807) is 16.0 Å². The third-order valence-electron chi connectivity index (χ3n) is 3.07. The summed E-state index contributed by atoms with van der Waals surface area (Å²) in [6.45, 7) is 4.32. The fourth-order valence-electron chi connectivity index (χ4n) is 2.03. The largest absolute Gasteiger partial charge is 0.354 e. The quantitative estimate of drug-likeness (QED) is 0.765. The molecule has 0 aliphatic heterocycles. The van der Waals surface area contributed by atoms with Gasteiger partial charge in [-0.3, -0.25) is 9.58 Å². The van der Waals surface area contributed by atoms with Crippen molar-refractivity contribution < 1.29 is 0 Å². The summed E-state index contributed by atoms with van der Waals surface area (Å²) in [5.41, 5.74) is 2.28. The Morgan fingerprint density at radius 1 is 1.33 bits per heavy atom. The molecule has 21 heavy (non-hydrogen) atoms. The maximum atomic E-state index is 5.29. The molecule has 0 amide bonds. The molecule has 0 atom stereocenters. The van der Waals surface area contributed by atoms with Crippen LogP contribution in [-0.2, 0) is 19.6 Å². The number of hydrogen-bond donors (Lipinski definition) is 0. The molecule has 2 aromatic rings. The molecular formula is C15H21N5S. The Morgan fingerprint density at radius 2 is 2.10 bits per heavy atom. The van der Waals surface area contributed by atoms with Crippen molar-refractivity contribution in [3.05, 3.63) is 28.5 Å². The van der Waals surface area contributed by atoms with Gasteiger partial charge in [0.15, 0.2) is 5.13 Å². The molecule has 0 radical (unpaired) electrons. The molecule has 2 rings (SSSR count). The van der Waals surface area contributed by atoms with Gasteiger partial charge in [0.25, 0.3) is 0 Å². The lowest BCUT2D eigenvalue weighted by Crippen LogP contribution is -2.16. The number of thiazole rings is 1. The Labute approximate surface area is 130 Å². The van der Waals surface area contributed by atoms with E-state index in [0.717, 1.165) is 23.9 Å². The van der Waals surface area contributed by atoms with E-state index in [1.165, 1.54) is 10.4 Å². The predicted molar refractivity (Wildman–Crippen MR) is 87.4 cm³/mol. The summed E-state index contributed by atoms with van der Waals surface area (Å²) in [4.78, 5) is 10.2. The smallest absolute Gasteiger partial charge is 0.185 e. The number of hydrogen-bond acceptors (Lipinski definition) is 5. The number of rotatable bonds is 6. The summed E-state index contributed by atoms with van der Waals surface area (Å²) in [7, 11) is 6.14. The molecule has 6 heteroatoms. The molecule has 2 heterocycles. The van der Waals surface area contributed by atoms with Crippen molar-refractivity contribution in [3.8, 4) is 12.3 Å². The molecule has 0 unspecified atom stereocenters. The Bertz CT molecular complexity index is 635. The molecule has 0 aromatic carbocycles. The molecule has 0 aliphatic rings. The zero-order valence-electron chi connectivity index (χ0n) is 13.0. The molecular weight excluding hydrogens is 282 g/mol. The molecule has 0 saturated heterocycles. The summed E-state index contributed by atoms with van der Waals surface area (Å²) in [6.07, 6.45) is 9.16. The summed E-state index contributed by atoms with van der Waals surface area (Å²) < 4.78 is 1.78. The van der Waals surface area contributed by atoms with Crippen LogP contribution in [0, 0.1) is 19.3 Å². The van der Waals surface area contributed by atoms with E-state index in [1.807, 2.05) is 31.4 Å². The molecule has 0 spiro atoms. The molecule has 2 aromatic heterocycles. The second-order valence-corrected chi connectivity index (χ2v) is 6.38. The van der Waals surface area contributed by atoms with Gasteiger partial charge in [0.05, 0.1) is 11.9 Å². The summed E-state index contributed by atoms with van der Waals surface area (Å²) in [5, 5.41) is 5.30. The Hall–Kier alpha value is -1.84. The first-order chi connectivity index (χ1) is 9.99. The van der Waals surface area contributed by atoms with E-state index in [2.05, 4.69) is 34.9 Å². The zero-order valence-corrected chi connectivity index (χ0v) is 13.8. The lowest BCUT2D eigenvalue weighted by Gasteiger charge is -2.14. The van der Waals surface area contributed by atoms with Gasteiger partial charge in [0.2, 0.25) is 0 Å². The van der Waals surface area contributed by atoms with Crippen molar-refractivity contribution in [3.63, 3.8) is 0 Å². The molecule has 112 valence electrons. The van der Waals surface area contributed by atoms with Crippen molar-refractivity contribution >= 4 is 16.5 Å². The van der Waals surface area contributed by atoms with Gasteiger partial charge in [-0.15, -0.1) is 17.8 Å². The number of anilines is 1. The molecule has 5 nitrogen and oxygen atoms in total. The van der Waals surface area contributed by atoms with Gasteiger partial charge in [0.1, 0.15) is 6.54 Å². The van der Waals surface area contributed by atoms with Crippen LogP contribution < -0.4 is 4.90 Å². The van der Waals surface area contributed by atoms with Crippen molar-refractivity contribution in [2.75, 3.05) is 26.0 Å². The van der Waals surface area contributed by atoms with Crippen molar-refractivity contribution in [1.29, 1.82) is 0 Å². The van der Waals surface area contributed by atoms with Crippen LogP contribution in [0.4, 0.5) is 5.13 Å². The first-order valence-electron chi connectivity index (χ1n) is 6.76. The SMILES string of the molecule is C#CCn1cc(CN(C)Cc2sc(N(C)C)nc2C)cn1. The lowest BCUT2D eigenvalue weighted by atomic mass is 10.3. The highest BCUT2D eigenvalue weighted by atomic mass is 32.1. The third kappa shape index (κ3) is 4.06. The third-order valence-corrected chi connectivity index (χ3v) is 4.38. The van der Waals surface area contributed by atoms with Crippen LogP contribution in [0.3, 0.4) is 0 Å². The van der Waals surface area contributed by atoms with Gasteiger partial charge in [-0.1, -0.05) is 5.92 Å². The summed E-state index contributed by atoms with van der Waals surface area (Å²) in [5.74, 6) is 2.59. The van der Waals surface area contributed by atoms with Gasteiger partial charge < -0.3 is 4.90 Å². The Balaban J connectivity index is 1.97. The number of aryl methyl sites for hydroxylation is 1. The number of nitrogens with zero attached hydrogens (tertiary/aromatic N) is 5. The first kappa shape index (κ1) is 15.5. The number of aromatic nitrogens is 3. The maximum absolute atomic E-state index is 5.29. The lowest BCUT2D eigenvalue weighted by molar-refractivity contribution is 0.321. The van der Waals surface area contributed by atoms with E-state index in [-0.39, 0.29) is 0 Å². The number of terminal acetylenes is 1. The van der Waals surface area contributed by atoms with Crippen LogP contribution in [-0.4, -0.2) is 40.8 Å². The van der Waals surface area contributed by atoms with Crippen LogP contribution in [0.15, 0.2) is 12.4 Å². The highest BCUT2D eigenvalue weighted by Crippen LogP contribution is 2.25. The van der Waals surface area contributed by atoms with Crippen LogP contribution >= 0.6 is 11.3 Å². The van der Waals surface area contributed by atoms with Gasteiger partial charge in [-0.05, 0) is 14.0 Å². The van der Waals surface area contributed by atoms with E-state index in [9.17, 15) is 0 Å². The van der Waals surface area contributed by atoms with Crippen LogP contribution in [0.25, 0.3) is 0 Å². The molecule has 0 bridgehead atoms.